The van der Waals surface area contributed by atoms with Crippen LogP contribution in [0.5, 0.6) is 0 Å². The first kappa shape index (κ1) is 11.0. The van der Waals surface area contributed by atoms with Gasteiger partial charge in [-0.3, -0.25) is 0 Å². The lowest BCUT2D eigenvalue weighted by Gasteiger charge is -2.36. The number of allylic oxidation sites excluding steroid dienone is 1. The minimum Gasteiger partial charge on any atom is -0.375 e. The predicted octanol–water partition coefficient (Wildman–Crippen LogP) is 3.67. The molecule has 0 amide bonds. The highest BCUT2D eigenvalue weighted by atomic mass is 15.1. The third kappa shape index (κ3) is 2.99. The van der Waals surface area contributed by atoms with E-state index in [4.69, 9.17) is 0 Å². The van der Waals surface area contributed by atoms with Crippen molar-refractivity contribution in [3.63, 3.8) is 0 Å². The number of piperidine rings is 1. The molecule has 1 heterocycles. The van der Waals surface area contributed by atoms with Crippen LogP contribution in [0, 0.1) is 17.8 Å². The molecular formula is C14H25N. The van der Waals surface area contributed by atoms with Crippen LogP contribution >= 0.6 is 0 Å². The predicted molar refractivity (Wildman–Crippen MR) is 65.6 cm³/mol. The third-order valence-corrected chi connectivity index (χ3v) is 4.15. The summed E-state index contributed by atoms with van der Waals surface area (Å²) in [6, 6.07) is 0. The Bertz CT molecular complexity index is 219. The normalized spacial score (nSPS) is 23.5. The van der Waals surface area contributed by atoms with Crippen molar-refractivity contribution in [1.82, 2.24) is 4.90 Å². The van der Waals surface area contributed by atoms with Gasteiger partial charge in [0.25, 0.3) is 0 Å². The van der Waals surface area contributed by atoms with Crippen molar-refractivity contribution in [3.8, 4) is 0 Å². The van der Waals surface area contributed by atoms with Gasteiger partial charge < -0.3 is 4.90 Å². The van der Waals surface area contributed by atoms with Crippen LogP contribution in [0.2, 0.25) is 0 Å². The molecule has 1 aliphatic heterocycles. The van der Waals surface area contributed by atoms with Gasteiger partial charge in [0.05, 0.1) is 0 Å². The molecule has 1 aliphatic carbocycles. The average Bonchev–Trinajstić information content (AvgIpc) is 3.02. The zero-order valence-corrected chi connectivity index (χ0v) is 10.3. The topological polar surface area (TPSA) is 3.24 Å². The van der Waals surface area contributed by atoms with Crippen LogP contribution in [-0.4, -0.2) is 18.0 Å². The molecule has 1 saturated carbocycles. The van der Waals surface area contributed by atoms with Crippen LogP contribution < -0.4 is 0 Å². The van der Waals surface area contributed by atoms with Crippen molar-refractivity contribution in [3.05, 3.63) is 12.3 Å². The molecule has 0 unspecified atom stereocenters. The van der Waals surface area contributed by atoms with E-state index in [0.29, 0.717) is 0 Å². The highest BCUT2D eigenvalue weighted by Crippen LogP contribution is 2.36. The summed E-state index contributed by atoms with van der Waals surface area (Å²) in [7, 11) is 0. The van der Waals surface area contributed by atoms with Gasteiger partial charge in [0.15, 0.2) is 0 Å². The molecule has 0 spiro atoms. The van der Waals surface area contributed by atoms with E-state index in [1.165, 1.54) is 50.9 Å². The van der Waals surface area contributed by atoms with E-state index in [-0.39, 0.29) is 0 Å². The fourth-order valence-electron chi connectivity index (χ4n) is 2.67. The standard InChI is InChI=1S/C14H25N/c1-11(2)14-6-8-15(9-7-14)12(3)10-13-4-5-13/h11,13-14H,3-10H2,1-2H3. The minimum atomic E-state index is 0.865. The van der Waals surface area contributed by atoms with E-state index in [1.807, 2.05) is 0 Å². The molecule has 1 saturated heterocycles. The first-order valence-corrected chi connectivity index (χ1v) is 6.59. The fourth-order valence-corrected chi connectivity index (χ4v) is 2.67. The maximum Gasteiger partial charge on any atom is 0.0177 e. The molecule has 0 bridgehead atoms. The van der Waals surface area contributed by atoms with Gasteiger partial charge in [-0.05, 0) is 49.9 Å². The summed E-state index contributed by atoms with van der Waals surface area (Å²) in [4.78, 5) is 2.54. The molecule has 0 radical (unpaired) electrons. The van der Waals surface area contributed by atoms with Crippen molar-refractivity contribution in [2.75, 3.05) is 13.1 Å². The lowest BCUT2D eigenvalue weighted by atomic mass is 9.86. The Hall–Kier alpha value is -0.460. The molecule has 2 rings (SSSR count). The van der Waals surface area contributed by atoms with Crippen molar-refractivity contribution in [2.45, 2.75) is 46.0 Å². The number of hydrogen-bond donors (Lipinski definition) is 0. The molecule has 0 aromatic heterocycles. The van der Waals surface area contributed by atoms with Gasteiger partial charge in [-0.15, -0.1) is 0 Å². The van der Waals surface area contributed by atoms with E-state index < -0.39 is 0 Å². The summed E-state index contributed by atoms with van der Waals surface area (Å²) in [6.45, 7) is 11.5. The Morgan fingerprint density at radius 3 is 2.27 bits per heavy atom. The zero-order chi connectivity index (χ0) is 10.8. The van der Waals surface area contributed by atoms with Gasteiger partial charge >= 0.3 is 0 Å². The maximum atomic E-state index is 4.25. The summed E-state index contributed by atoms with van der Waals surface area (Å²) in [5.41, 5.74) is 1.42. The molecule has 2 fully saturated rings. The van der Waals surface area contributed by atoms with E-state index in [0.717, 1.165) is 17.8 Å². The summed E-state index contributed by atoms with van der Waals surface area (Å²) >= 11 is 0. The Balaban J connectivity index is 1.74. The minimum absolute atomic E-state index is 0.865. The SMILES string of the molecule is C=C(CC1CC1)N1CCC(C(C)C)CC1. The van der Waals surface area contributed by atoms with E-state index in [2.05, 4.69) is 25.3 Å². The Morgan fingerprint density at radius 1 is 1.20 bits per heavy atom. The van der Waals surface area contributed by atoms with Gasteiger partial charge in [0, 0.05) is 18.8 Å². The van der Waals surface area contributed by atoms with E-state index >= 15 is 0 Å². The first-order valence-electron chi connectivity index (χ1n) is 6.59. The Morgan fingerprint density at radius 2 is 1.80 bits per heavy atom. The summed E-state index contributed by atoms with van der Waals surface area (Å²) in [5.74, 6) is 2.80. The van der Waals surface area contributed by atoms with Gasteiger partial charge in [-0.25, -0.2) is 0 Å². The highest BCUT2D eigenvalue weighted by molar-refractivity contribution is 5.00. The quantitative estimate of drug-likeness (QED) is 0.680. The van der Waals surface area contributed by atoms with Gasteiger partial charge in [0.1, 0.15) is 0 Å². The van der Waals surface area contributed by atoms with Crippen LogP contribution in [0.1, 0.15) is 46.0 Å². The Labute approximate surface area is 94.5 Å². The Kier molecular flexibility index (Phi) is 3.38. The molecule has 0 aromatic carbocycles. The van der Waals surface area contributed by atoms with Crippen LogP contribution in [0.15, 0.2) is 12.3 Å². The second-order valence-electron chi connectivity index (χ2n) is 5.78. The number of hydrogen-bond acceptors (Lipinski definition) is 1. The average molecular weight is 207 g/mol. The van der Waals surface area contributed by atoms with E-state index in [9.17, 15) is 0 Å². The number of likely N-dealkylation sites (tertiary alicyclic amines) is 1. The van der Waals surface area contributed by atoms with Crippen molar-refractivity contribution < 1.29 is 0 Å². The lowest BCUT2D eigenvalue weighted by Crippen LogP contribution is -2.34. The van der Waals surface area contributed by atoms with E-state index in [1.54, 1.807) is 0 Å². The summed E-state index contributed by atoms with van der Waals surface area (Å²) in [6.07, 6.45) is 6.91. The third-order valence-electron chi connectivity index (χ3n) is 4.15. The lowest BCUT2D eigenvalue weighted by molar-refractivity contribution is 0.186. The second-order valence-corrected chi connectivity index (χ2v) is 5.78. The van der Waals surface area contributed by atoms with Crippen molar-refractivity contribution >= 4 is 0 Å². The van der Waals surface area contributed by atoms with Crippen LogP contribution in [-0.2, 0) is 0 Å². The summed E-state index contributed by atoms with van der Waals surface area (Å²) < 4.78 is 0. The molecule has 0 aromatic rings. The second kappa shape index (κ2) is 4.59. The van der Waals surface area contributed by atoms with Gasteiger partial charge in [-0.1, -0.05) is 20.4 Å². The van der Waals surface area contributed by atoms with Crippen molar-refractivity contribution in [2.24, 2.45) is 17.8 Å². The van der Waals surface area contributed by atoms with Gasteiger partial charge in [-0.2, -0.15) is 0 Å². The molecule has 0 atom stereocenters. The first-order chi connectivity index (χ1) is 7.16. The summed E-state index contributed by atoms with van der Waals surface area (Å²) in [5, 5.41) is 0. The monoisotopic (exact) mass is 207 g/mol. The molecule has 15 heavy (non-hydrogen) atoms. The largest absolute Gasteiger partial charge is 0.375 e. The smallest absolute Gasteiger partial charge is 0.0177 e. The van der Waals surface area contributed by atoms with Crippen LogP contribution in [0.3, 0.4) is 0 Å². The number of nitrogens with zero attached hydrogens (tertiary/aromatic N) is 1. The molecule has 1 nitrogen and oxygen atoms in total. The molecule has 0 N–H and O–H groups in total. The van der Waals surface area contributed by atoms with Crippen LogP contribution in [0.25, 0.3) is 0 Å². The molecule has 2 aliphatic rings. The molecule has 1 heteroatoms. The van der Waals surface area contributed by atoms with Crippen LogP contribution in [0.4, 0.5) is 0 Å². The molecule has 86 valence electrons. The number of rotatable bonds is 4. The highest BCUT2D eigenvalue weighted by Gasteiger charge is 2.26. The fraction of sp³-hybridized carbons (Fsp3) is 0.857. The van der Waals surface area contributed by atoms with Gasteiger partial charge in [0.2, 0.25) is 0 Å². The zero-order valence-electron chi connectivity index (χ0n) is 10.3. The van der Waals surface area contributed by atoms with Crippen molar-refractivity contribution in [1.29, 1.82) is 0 Å². The molecular weight excluding hydrogens is 182 g/mol. The maximum absolute atomic E-state index is 4.25.